The van der Waals surface area contributed by atoms with E-state index >= 15 is 0 Å². The minimum absolute atomic E-state index is 0.121. The standard InChI is InChI=1S/C11H19FN4O3S/c1-8(12)5-15-11(14-2)16-6-9(19-3)4-10(7-16)20(13,17)18/h5,9-10H,2,4,6-7H2,1,3H3,(H2,13,17,18)/b8-5+,15-11+/t9-,10+/m1/s1. The number of nitrogens with two attached hydrogens (primary N) is 1. The van der Waals surface area contributed by atoms with Crippen LogP contribution in [-0.2, 0) is 14.8 Å². The molecule has 2 atom stereocenters. The number of halogens is 1. The molecule has 20 heavy (non-hydrogen) atoms. The summed E-state index contributed by atoms with van der Waals surface area (Å²) in [5.41, 5.74) is 0. The molecule has 114 valence electrons. The summed E-state index contributed by atoms with van der Waals surface area (Å²) in [5, 5.41) is 4.40. The first-order valence-corrected chi connectivity index (χ1v) is 7.55. The molecule has 2 N–H and O–H groups in total. The zero-order valence-electron chi connectivity index (χ0n) is 11.5. The van der Waals surface area contributed by atoms with Gasteiger partial charge in [0.05, 0.1) is 17.6 Å². The maximum Gasteiger partial charge on any atom is 0.224 e. The van der Waals surface area contributed by atoms with Crippen LogP contribution in [0.3, 0.4) is 0 Å². The lowest BCUT2D eigenvalue weighted by atomic mass is 10.1. The Morgan fingerprint density at radius 3 is 2.65 bits per heavy atom. The fourth-order valence-electron chi connectivity index (χ4n) is 1.95. The Kier molecular flexibility index (Phi) is 5.78. The number of rotatable bonds is 3. The maximum atomic E-state index is 12.7. The van der Waals surface area contributed by atoms with Crippen molar-refractivity contribution in [1.29, 1.82) is 0 Å². The average molecular weight is 306 g/mol. The van der Waals surface area contributed by atoms with Crippen molar-refractivity contribution in [2.45, 2.75) is 24.7 Å². The Bertz CT molecular complexity index is 514. The predicted molar refractivity (Wildman–Crippen MR) is 75.7 cm³/mol. The molecule has 1 heterocycles. The van der Waals surface area contributed by atoms with E-state index in [2.05, 4.69) is 16.7 Å². The van der Waals surface area contributed by atoms with Crippen LogP contribution in [-0.4, -0.2) is 57.5 Å². The number of hydrogen-bond acceptors (Lipinski definition) is 4. The molecular formula is C11H19FN4O3S. The molecule has 0 amide bonds. The molecule has 0 bridgehead atoms. The Morgan fingerprint density at radius 2 is 2.20 bits per heavy atom. The topological polar surface area (TPSA) is 97.3 Å². The summed E-state index contributed by atoms with van der Waals surface area (Å²) in [4.78, 5) is 9.10. The maximum absolute atomic E-state index is 12.7. The van der Waals surface area contributed by atoms with Gasteiger partial charge in [0.1, 0.15) is 5.83 Å². The van der Waals surface area contributed by atoms with Gasteiger partial charge in [-0.2, -0.15) is 0 Å². The van der Waals surface area contributed by atoms with Crippen LogP contribution in [0, 0.1) is 0 Å². The molecule has 0 aromatic heterocycles. The van der Waals surface area contributed by atoms with Crippen LogP contribution in [0.5, 0.6) is 0 Å². The van der Waals surface area contributed by atoms with Gasteiger partial charge in [0, 0.05) is 20.2 Å². The number of allylic oxidation sites excluding steroid dienone is 1. The molecule has 1 aliphatic rings. The highest BCUT2D eigenvalue weighted by Crippen LogP contribution is 2.18. The second-order valence-corrected chi connectivity index (χ2v) is 6.36. The first-order valence-electron chi connectivity index (χ1n) is 5.94. The minimum atomic E-state index is -3.70. The summed E-state index contributed by atoms with van der Waals surface area (Å²) in [5.74, 6) is -0.355. The van der Waals surface area contributed by atoms with Gasteiger partial charge in [0.2, 0.25) is 16.0 Å². The number of piperidine rings is 1. The van der Waals surface area contributed by atoms with Crippen LogP contribution in [0.15, 0.2) is 22.0 Å². The molecule has 9 heteroatoms. The smallest absolute Gasteiger partial charge is 0.224 e. The third-order valence-corrected chi connectivity index (χ3v) is 4.22. The molecule has 1 saturated heterocycles. The van der Waals surface area contributed by atoms with E-state index in [0.717, 1.165) is 6.20 Å². The van der Waals surface area contributed by atoms with Crippen molar-refractivity contribution >= 4 is 22.7 Å². The van der Waals surface area contributed by atoms with E-state index in [4.69, 9.17) is 9.88 Å². The average Bonchev–Trinajstić information content (AvgIpc) is 2.37. The van der Waals surface area contributed by atoms with Gasteiger partial charge in [-0.05, 0) is 20.1 Å². The van der Waals surface area contributed by atoms with Crippen molar-refractivity contribution in [3.05, 3.63) is 12.0 Å². The van der Waals surface area contributed by atoms with Gasteiger partial charge in [0.25, 0.3) is 0 Å². The lowest BCUT2D eigenvalue weighted by Crippen LogP contribution is -2.52. The first-order chi connectivity index (χ1) is 9.27. The number of hydrogen-bond donors (Lipinski definition) is 1. The first kappa shape index (κ1) is 16.7. The highest BCUT2D eigenvalue weighted by atomic mass is 32.2. The minimum Gasteiger partial charge on any atom is -0.380 e. The van der Waals surface area contributed by atoms with E-state index < -0.39 is 21.1 Å². The molecule has 0 spiro atoms. The van der Waals surface area contributed by atoms with Gasteiger partial charge in [-0.15, -0.1) is 0 Å². The molecular weight excluding hydrogens is 287 g/mol. The third-order valence-electron chi connectivity index (χ3n) is 2.95. The van der Waals surface area contributed by atoms with Crippen molar-refractivity contribution in [2.75, 3.05) is 20.2 Å². The summed E-state index contributed by atoms with van der Waals surface area (Å²) in [6.07, 6.45) is 0.968. The molecule has 0 unspecified atom stereocenters. The summed E-state index contributed by atoms with van der Waals surface area (Å²) in [6.45, 7) is 5.11. The fourth-order valence-corrected chi connectivity index (χ4v) is 2.82. The van der Waals surface area contributed by atoms with Crippen molar-refractivity contribution in [2.24, 2.45) is 15.1 Å². The molecule has 0 radical (unpaired) electrons. The molecule has 1 aliphatic heterocycles. The van der Waals surface area contributed by atoms with Crippen LogP contribution >= 0.6 is 0 Å². The highest BCUT2D eigenvalue weighted by Gasteiger charge is 2.34. The van der Waals surface area contributed by atoms with Gasteiger partial charge >= 0.3 is 0 Å². The fraction of sp³-hybridized carbons (Fsp3) is 0.636. The van der Waals surface area contributed by atoms with E-state index in [-0.39, 0.29) is 18.6 Å². The van der Waals surface area contributed by atoms with E-state index in [0.29, 0.717) is 13.0 Å². The van der Waals surface area contributed by atoms with E-state index in [9.17, 15) is 12.8 Å². The number of nitrogens with zero attached hydrogens (tertiary/aromatic N) is 3. The van der Waals surface area contributed by atoms with Gasteiger partial charge in [0.15, 0.2) is 0 Å². The van der Waals surface area contributed by atoms with Gasteiger partial charge in [-0.25, -0.2) is 27.9 Å². The van der Waals surface area contributed by atoms with Gasteiger partial charge < -0.3 is 9.64 Å². The SMILES string of the molecule is C=N/C(=N\C=C(/C)F)N1C[C@H](OC)C[C@H](S(N)(=O)=O)C1. The molecule has 0 saturated carbocycles. The highest BCUT2D eigenvalue weighted by molar-refractivity contribution is 7.89. The van der Waals surface area contributed by atoms with Crippen LogP contribution in [0.25, 0.3) is 0 Å². The quantitative estimate of drug-likeness (QED) is 0.597. The lowest BCUT2D eigenvalue weighted by molar-refractivity contribution is 0.0546. The second kappa shape index (κ2) is 6.91. The van der Waals surface area contributed by atoms with Crippen molar-refractivity contribution < 1.29 is 17.5 Å². The number of aliphatic imine (C=N–C) groups is 2. The summed E-state index contributed by atoms with van der Waals surface area (Å²) in [7, 11) is -2.22. The van der Waals surface area contributed by atoms with Gasteiger partial charge in [-0.1, -0.05) is 0 Å². The Morgan fingerprint density at radius 1 is 1.55 bits per heavy atom. The van der Waals surface area contributed by atoms with Crippen LogP contribution in [0.4, 0.5) is 4.39 Å². The Balaban J connectivity index is 3.00. The monoisotopic (exact) mass is 306 g/mol. The number of likely N-dealkylation sites (tertiary alicyclic amines) is 1. The van der Waals surface area contributed by atoms with Gasteiger partial charge in [-0.3, -0.25) is 0 Å². The molecule has 1 rings (SSSR count). The number of ether oxygens (including phenoxy) is 1. The summed E-state index contributed by atoms with van der Waals surface area (Å²) in [6, 6.07) is 0. The van der Waals surface area contributed by atoms with Crippen LogP contribution in [0.2, 0.25) is 0 Å². The Labute approximate surface area is 118 Å². The van der Waals surface area contributed by atoms with E-state index in [1.807, 2.05) is 0 Å². The molecule has 0 aromatic rings. The normalized spacial score (nSPS) is 25.7. The van der Waals surface area contributed by atoms with E-state index in [1.54, 1.807) is 4.90 Å². The second-order valence-electron chi connectivity index (χ2n) is 4.51. The number of primary sulfonamides is 1. The zero-order valence-corrected chi connectivity index (χ0v) is 12.3. The molecule has 1 fully saturated rings. The zero-order chi connectivity index (χ0) is 15.3. The van der Waals surface area contributed by atoms with Crippen LogP contribution in [0.1, 0.15) is 13.3 Å². The third kappa shape index (κ3) is 4.66. The van der Waals surface area contributed by atoms with Crippen LogP contribution < -0.4 is 5.14 Å². The molecule has 7 nitrogen and oxygen atoms in total. The number of sulfonamides is 1. The Hall–Kier alpha value is -1.32. The molecule has 0 aliphatic carbocycles. The number of methoxy groups -OCH3 is 1. The largest absolute Gasteiger partial charge is 0.380 e. The van der Waals surface area contributed by atoms with Crippen molar-refractivity contribution in [3.63, 3.8) is 0 Å². The summed E-state index contributed by atoms with van der Waals surface area (Å²) < 4.78 is 40.9. The van der Waals surface area contributed by atoms with Crippen molar-refractivity contribution in [1.82, 2.24) is 4.90 Å². The lowest BCUT2D eigenvalue weighted by Gasteiger charge is -2.36. The van der Waals surface area contributed by atoms with E-state index in [1.165, 1.54) is 14.0 Å². The van der Waals surface area contributed by atoms with Crippen molar-refractivity contribution in [3.8, 4) is 0 Å². The molecule has 0 aromatic carbocycles. The summed E-state index contributed by atoms with van der Waals surface area (Å²) >= 11 is 0. The predicted octanol–water partition coefficient (Wildman–Crippen LogP) is 0.252. The number of guanidine groups is 1.